The third-order valence-corrected chi connectivity index (χ3v) is 6.03. The fraction of sp³-hybridized carbons (Fsp3) is 0.273. The van der Waals surface area contributed by atoms with Gasteiger partial charge in [-0.25, -0.2) is 0 Å². The van der Waals surface area contributed by atoms with Crippen molar-refractivity contribution in [2.75, 3.05) is 13.7 Å². The molecule has 1 aliphatic rings. The number of para-hydroxylation sites is 1. The number of aromatic nitrogens is 2. The molecule has 0 radical (unpaired) electrons. The van der Waals surface area contributed by atoms with Crippen LogP contribution in [0, 0.1) is 0 Å². The average Bonchev–Trinajstić information content (AvgIpc) is 3.35. The highest BCUT2D eigenvalue weighted by atomic mass is 79.9. The molecule has 6 heteroatoms. The molecule has 1 aliphatic heterocycles. The van der Waals surface area contributed by atoms with E-state index < -0.39 is 0 Å². The zero-order chi connectivity index (χ0) is 19.5. The van der Waals surface area contributed by atoms with Crippen molar-refractivity contribution in [1.29, 1.82) is 0 Å². The number of carbonyl (C=O) groups excluding carboxylic acids is 1. The van der Waals surface area contributed by atoms with Gasteiger partial charge in [-0.2, -0.15) is 5.10 Å². The Hall–Kier alpha value is -2.60. The van der Waals surface area contributed by atoms with Gasteiger partial charge < -0.3 is 9.64 Å². The summed E-state index contributed by atoms with van der Waals surface area (Å²) < 4.78 is 6.19. The number of nitrogens with one attached hydrogen (secondary N) is 1. The van der Waals surface area contributed by atoms with Crippen LogP contribution in [0.25, 0.3) is 11.3 Å². The van der Waals surface area contributed by atoms with Gasteiger partial charge in [-0.3, -0.25) is 9.89 Å². The Morgan fingerprint density at radius 2 is 1.96 bits per heavy atom. The highest BCUT2D eigenvalue weighted by Gasteiger charge is 2.32. The second-order valence-corrected chi connectivity index (χ2v) is 7.73. The number of hydrogen-bond donors (Lipinski definition) is 1. The van der Waals surface area contributed by atoms with Crippen LogP contribution >= 0.6 is 15.9 Å². The highest BCUT2D eigenvalue weighted by molar-refractivity contribution is 9.10. The lowest BCUT2D eigenvalue weighted by molar-refractivity contribution is 0.0729. The normalized spacial score (nSPS) is 16.4. The fourth-order valence-electron chi connectivity index (χ4n) is 3.84. The molecule has 28 heavy (non-hydrogen) atoms. The largest absolute Gasteiger partial charge is 0.496 e. The lowest BCUT2D eigenvalue weighted by Crippen LogP contribution is -2.37. The van der Waals surface area contributed by atoms with Gasteiger partial charge in [-0.1, -0.05) is 48.5 Å². The number of amides is 1. The monoisotopic (exact) mass is 439 g/mol. The number of halogens is 1. The molecule has 1 atom stereocenters. The molecule has 0 spiro atoms. The van der Waals surface area contributed by atoms with E-state index in [1.165, 1.54) is 0 Å². The molecule has 1 amide bonds. The first-order chi connectivity index (χ1) is 13.7. The number of hydrogen-bond acceptors (Lipinski definition) is 3. The van der Waals surface area contributed by atoms with E-state index >= 15 is 0 Å². The van der Waals surface area contributed by atoms with Gasteiger partial charge in [-0.05, 0) is 46.8 Å². The maximum Gasteiger partial charge on any atom is 0.273 e. The first kappa shape index (κ1) is 18.7. The topological polar surface area (TPSA) is 58.2 Å². The summed E-state index contributed by atoms with van der Waals surface area (Å²) in [6.07, 6.45) is 2.77. The van der Waals surface area contributed by atoms with Gasteiger partial charge in [0.2, 0.25) is 0 Å². The molecule has 4 rings (SSSR count). The lowest BCUT2D eigenvalue weighted by Gasteiger charge is -2.25. The summed E-state index contributed by atoms with van der Waals surface area (Å²) in [4.78, 5) is 15.2. The predicted molar refractivity (Wildman–Crippen MR) is 112 cm³/mol. The molecule has 144 valence electrons. The summed E-state index contributed by atoms with van der Waals surface area (Å²) in [5.41, 5.74) is 3.36. The minimum atomic E-state index is -0.0149. The first-order valence-electron chi connectivity index (χ1n) is 9.41. The minimum Gasteiger partial charge on any atom is -0.496 e. The Balaban J connectivity index is 1.57. The Morgan fingerprint density at radius 3 is 2.75 bits per heavy atom. The molecule has 0 unspecified atom stereocenters. The van der Waals surface area contributed by atoms with Crippen molar-refractivity contribution in [1.82, 2.24) is 15.1 Å². The van der Waals surface area contributed by atoms with E-state index in [0.29, 0.717) is 10.2 Å². The molecule has 1 saturated heterocycles. The van der Waals surface area contributed by atoms with Crippen molar-refractivity contribution in [3.63, 3.8) is 0 Å². The van der Waals surface area contributed by atoms with Crippen molar-refractivity contribution < 1.29 is 9.53 Å². The van der Waals surface area contributed by atoms with Crippen molar-refractivity contribution in [3.8, 4) is 17.0 Å². The molecule has 0 saturated carbocycles. The van der Waals surface area contributed by atoms with Gasteiger partial charge in [0.1, 0.15) is 17.1 Å². The summed E-state index contributed by atoms with van der Waals surface area (Å²) in [7, 11) is 1.68. The van der Waals surface area contributed by atoms with Crippen LogP contribution in [0.5, 0.6) is 5.75 Å². The molecule has 0 aliphatic carbocycles. The van der Waals surface area contributed by atoms with Crippen molar-refractivity contribution in [2.45, 2.75) is 25.3 Å². The highest BCUT2D eigenvalue weighted by Crippen LogP contribution is 2.32. The molecule has 1 aromatic heterocycles. The van der Waals surface area contributed by atoms with Crippen LogP contribution in [-0.4, -0.2) is 40.7 Å². The Kier molecular flexibility index (Phi) is 5.48. The van der Waals surface area contributed by atoms with Crippen molar-refractivity contribution in [3.05, 3.63) is 70.3 Å². The number of nitrogens with zero attached hydrogens (tertiary/aromatic N) is 2. The minimum absolute atomic E-state index is 0.0149. The van der Waals surface area contributed by atoms with Crippen LogP contribution in [0.15, 0.2) is 59.1 Å². The van der Waals surface area contributed by atoms with Gasteiger partial charge in [0.25, 0.3) is 5.91 Å². The summed E-state index contributed by atoms with van der Waals surface area (Å²) >= 11 is 3.58. The number of benzene rings is 2. The van der Waals surface area contributed by atoms with Crippen LogP contribution in [0.1, 0.15) is 28.9 Å². The van der Waals surface area contributed by atoms with Gasteiger partial charge in [0.15, 0.2) is 0 Å². The summed E-state index contributed by atoms with van der Waals surface area (Å²) in [6, 6.07) is 18.0. The number of aromatic amines is 1. The molecule has 5 nitrogen and oxygen atoms in total. The van der Waals surface area contributed by atoms with E-state index in [-0.39, 0.29) is 11.9 Å². The standard InChI is InChI=1S/C22H22BrN3O2/c1-28-18-12-6-5-10-16(18)14-17-11-7-13-26(17)22(27)21-19(23)20(24-25-21)15-8-3-2-4-9-15/h2-6,8-10,12,17H,7,11,13-14H2,1H3,(H,24,25)/t17-/m1/s1. The average molecular weight is 440 g/mol. The van der Waals surface area contributed by atoms with Crippen LogP contribution < -0.4 is 4.74 Å². The van der Waals surface area contributed by atoms with Gasteiger partial charge in [0, 0.05) is 18.2 Å². The maximum absolute atomic E-state index is 13.3. The van der Waals surface area contributed by atoms with E-state index in [9.17, 15) is 4.79 Å². The molecule has 1 fully saturated rings. The molecule has 2 heterocycles. The van der Waals surface area contributed by atoms with Crippen LogP contribution in [0.4, 0.5) is 0 Å². The predicted octanol–water partition coefficient (Wildman–Crippen LogP) is 4.70. The van der Waals surface area contributed by atoms with Crippen molar-refractivity contribution >= 4 is 21.8 Å². The molecule has 2 aromatic carbocycles. The van der Waals surface area contributed by atoms with E-state index in [1.54, 1.807) is 7.11 Å². The quantitative estimate of drug-likeness (QED) is 0.626. The Morgan fingerprint density at radius 1 is 1.21 bits per heavy atom. The summed E-state index contributed by atoms with van der Waals surface area (Å²) in [5.74, 6) is 0.856. The second-order valence-electron chi connectivity index (χ2n) is 6.94. The van der Waals surface area contributed by atoms with Gasteiger partial charge in [0.05, 0.1) is 11.6 Å². The SMILES string of the molecule is COc1ccccc1C[C@H]1CCCN1C(=O)c1[nH]nc(-c2ccccc2)c1Br. The van der Waals surface area contributed by atoms with Crippen molar-refractivity contribution in [2.24, 2.45) is 0 Å². The number of rotatable bonds is 5. The molecule has 1 N–H and O–H groups in total. The summed E-state index contributed by atoms with van der Waals surface area (Å²) in [5, 5.41) is 7.32. The van der Waals surface area contributed by atoms with Crippen LogP contribution in [0.2, 0.25) is 0 Å². The number of methoxy groups -OCH3 is 1. The fourth-order valence-corrected chi connectivity index (χ4v) is 4.42. The lowest BCUT2D eigenvalue weighted by atomic mass is 10.0. The molecular formula is C22H22BrN3O2. The van der Waals surface area contributed by atoms with Crippen LogP contribution in [-0.2, 0) is 6.42 Å². The van der Waals surface area contributed by atoms with E-state index in [2.05, 4.69) is 32.2 Å². The zero-order valence-corrected chi connectivity index (χ0v) is 17.3. The number of H-pyrrole nitrogens is 1. The number of ether oxygens (including phenoxy) is 1. The molecular weight excluding hydrogens is 418 g/mol. The van der Waals surface area contributed by atoms with E-state index in [1.807, 2.05) is 53.4 Å². The van der Waals surface area contributed by atoms with E-state index in [4.69, 9.17) is 4.74 Å². The molecule has 3 aromatic rings. The van der Waals surface area contributed by atoms with Gasteiger partial charge >= 0.3 is 0 Å². The Labute approximate surface area is 172 Å². The second kappa shape index (κ2) is 8.19. The third-order valence-electron chi connectivity index (χ3n) is 5.25. The zero-order valence-electron chi connectivity index (χ0n) is 15.7. The van der Waals surface area contributed by atoms with Gasteiger partial charge in [-0.15, -0.1) is 0 Å². The summed E-state index contributed by atoms with van der Waals surface area (Å²) in [6.45, 7) is 0.755. The Bertz CT molecular complexity index is 971. The number of likely N-dealkylation sites (tertiary alicyclic amines) is 1. The third kappa shape index (κ3) is 3.56. The maximum atomic E-state index is 13.3. The van der Waals surface area contributed by atoms with Crippen LogP contribution in [0.3, 0.4) is 0 Å². The molecule has 0 bridgehead atoms. The first-order valence-corrected chi connectivity index (χ1v) is 10.2. The smallest absolute Gasteiger partial charge is 0.273 e. The van der Waals surface area contributed by atoms with E-state index in [0.717, 1.165) is 48.4 Å². The number of carbonyl (C=O) groups is 1.